The number of anilines is 1. The second-order valence-corrected chi connectivity index (χ2v) is 9.73. The first-order valence-electron chi connectivity index (χ1n) is 11.6. The van der Waals surface area contributed by atoms with Crippen LogP contribution in [-0.2, 0) is 0 Å². The van der Waals surface area contributed by atoms with E-state index in [9.17, 15) is 4.79 Å². The van der Waals surface area contributed by atoms with Crippen LogP contribution in [0.3, 0.4) is 0 Å². The first kappa shape index (κ1) is 24.1. The minimum Gasteiger partial charge on any atom is -0.359 e. The molecule has 1 fully saturated rings. The standard InChI is InChI=1S/C27H30N4OS2/c1-3-4-15-28-27(33)31-16-13-21(14-17-31)26-30-24(18-34-26)25(32)29-23-8-6-5-7-22(23)20-11-9-19(2)10-12-20/h3-12,18,21H,13-17H2,1-2H3,(H,28,33)(H,29,32). The molecule has 4 rings (SSSR count). The molecule has 1 aliphatic rings. The van der Waals surface area contributed by atoms with Gasteiger partial charge in [-0.05, 0) is 50.5 Å². The van der Waals surface area contributed by atoms with E-state index in [-0.39, 0.29) is 5.91 Å². The van der Waals surface area contributed by atoms with E-state index in [1.54, 1.807) is 11.3 Å². The van der Waals surface area contributed by atoms with E-state index >= 15 is 0 Å². The summed E-state index contributed by atoms with van der Waals surface area (Å²) in [6.45, 7) is 6.63. The summed E-state index contributed by atoms with van der Waals surface area (Å²) in [5, 5.41) is 10.1. The van der Waals surface area contributed by atoms with E-state index in [0.29, 0.717) is 11.6 Å². The second kappa shape index (κ2) is 11.4. The van der Waals surface area contributed by atoms with Gasteiger partial charge in [-0.25, -0.2) is 4.98 Å². The van der Waals surface area contributed by atoms with Crippen LogP contribution in [0.2, 0.25) is 0 Å². The summed E-state index contributed by atoms with van der Waals surface area (Å²) >= 11 is 7.09. The van der Waals surface area contributed by atoms with Crippen molar-refractivity contribution in [2.24, 2.45) is 0 Å². The van der Waals surface area contributed by atoms with Crippen molar-refractivity contribution in [2.75, 3.05) is 25.0 Å². The first-order chi connectivity index (χ1) is 16.5. The summed E-state index contributed by atoms with van der Waals surface area (Å²) in [7, 11) is 0. The Bertz CT molecular complexity index is 1160. The third-order valence-corrected chi connectivity index (χ3v) is 7.44. The zero-order valence-electron chi connectivity index (χ0n) is 19.6. The van der Waals surface area contributed by atoms with Gasteiger partial charge >= 0.3 is 0 Å². The highest BCUT2D eigenvalue weighted by molar-refractivity contribution is 7.80. The van der Waals surface area contributed by atoms with E-state index in [2.05, 4.69) is 52.8 Å². The van der Waals surface area contributed by atoms with Crippen LogP contribution < -0.4 is 10.6 Å². The van der Waals surface area contributed by atoms with Gasteiger partial charge in [-0.1, -0.05) is 60.2 Å². The second-order valence-electron chi connectivity index (χ2n) is 8.45. The van der Waals surface area contributed by atoms with Crippen LogP contribution in [0.15, 0.2) is 66.1 Å². The van der Waals surface area contributed by atoms with Gasteiger partial charge < -0.3 is 15.5 Å². The van der Waals surface area contributed by atoms with Gasteiger partial charge in [0, 0.05) is 42.2 Å². The van der Waals surface area contributed by atoms with Crippen molar-refractivity contribution < 1.29 is 4.79 Å². The van der Waals surface area contributed by atoms with Crippen LogP contribution in [0.25, 0.3) is 11.1 Å². The highest BCUT2D eigenvalue weighted by Crippen LogP contribution is 2.32. The molecule has 2 N–H and O–H groups in total. The Labute approximate surface area is 210 Å². The maximum Gasteiger partial charge on any atom is 0.275 e. The monoisotopic (exact) mass is 490 g/mol. The fourth-order valence-electron chi connectivity index (χ4n) is 4.05. The molecule has 0 saturated carbocycles. The molecular formula is C27H30N4OS2. The van der Waals surface area contributed by atoms with Crippen molar-refractivity contribution in [1.29, 1.82) is 0 Å². The summed E-state index contributed by atoms with van der Waals surface area (Å²) in [5.74, 6) is 0.190. The van der Waals surface area contributed by atoms with E-state index in [4.69, 9.17) is 17.2 Å². The molecule has 0 unspecified atom stereocenters. The van der Waals surface area contributed by atoms with Crippen molar-refractivity contribution in [2.45, 2.75) is 32.6 Å². The average Bonchev–Trinajstić information content (AvgIpc) is 3.36. The molecule has 34 heavy (non-hydrogen) atoms. The number of carbonyl (C=O) groups is 1. The molecule has 2 heterocycles. The fourth-order valence-corrected chi connectivity index (χ4v) is 5.29. The molecule has 1 amide bonds. The summed E-state index contributed by atoms with van der Waals surface area (Å²) in [4.78, 5) is 19.9. The molecule has 1 aromatic heterocycles. The molecule has 176 valence electrons. The predicted molar refractivity (Wildman–Crippen MR) is 146 cm³/mol. The number of thiocarbonyl (C=S) groups is 1. The molecule has 1 aliphatic heterocycles. The zero-order valence-corrected chi connectivity index (χ0v) is 21.2. The highest BCUT2D eigenvalue weighted by atomic mass is 32.1. The molecule has 2 aromatic carbocycles. The highest BCUT2D eigenvalue weighted by Gasteiger charge is 2.25. The fraction of sp³-hybridized carbons (Fsp3) is 0.296. The maximum atomic E-state index is 13.0. The number of hydrogen-bond acceptors (Lipinski definition) is 4. The smallest absolute Gasteiger partial charge is 0.275 e. The number of hydrogen-bond donors (Lipinski definition) is 2. The molecular weight excluding hydrogens is 460 g/mol. The average molecular weight is 491 g/mol. The lowest BCUT2D eigenvalue weighted by atomic mass is 9.98. The number of benzene rings is 2. The Kier molecular flexibility index (Phi) is 8.08. The Hall–Kier alpha value is -3.03. The molecule has 5 nitrogen and oxygen atoms in total. The Morgan fingerprint density at radius 3 is 2.65 bits per heavy atom. The number of nitrogens with zero attached hydrogens (tertiary/aromatic N) is 2. The molecule has 0 radical (unpaired) electrons. The third kappa shape index (κ3) is 5.90. The number of allylic oxidation sites excluding steroid dienone is 1. The van der Waals surface area contributed by atoms with Crippen LogP contribution in [0, 0.1) is 6.92 Å². The third-order valence-electron chi connectivity index (χ3n) is 6.03. The summed E-state index contributed by atoms with van der Waals surface area (Å²) in [5.41, 5.74) is 4.55. The SMILES string of the molecule is CC=CCNC(=S)N1CCC(c2nc(C(=O)Nc3ccccc3-c3ccc(C)cc3)cs2)CC1. The minimum absolute atomic E-state index is 0.172. The predicted octanol–water partition coefficient (Wildman–Crippen LogP) is 6.00. The molecule has 0 aliphatic carbocycles. The Morgan fingerprint density at radius 1 is 1.18 bits per heavy atom. The topological polar surface area (TPSA) is 57.3 Å². The van der Waals surface area contributed by atoms with E-state index in [1.165, 1.54) is 5.56 Å². The number of piperidine rings is 1. The quantitative estimate of drug-likeness (QED) is 0.328. The number of likely N-dealkylation sites (tertiary alicyclic amines) is 1. The van der Waals surface area contributed by atoms with Gasteiger partial charge in [0.15, 0.2) is 5.11 Å². The number of thiazole rings is 1. The maximum absolute atomic E-state index is 13.0. The van der Waals surface area contributed by atoms with Crippen LogP contribution in [0.1, 0.15) is 46.7 Å². The lowest BCUT2D eigenvalue weighted by Gasteiger charge is -2.33. The number of aromatic nitrogens is 1. The minimum atomic E-state index is -0.172. The van der Waals surface area contributed by atoms with Gasteiger partial charge in [-0.2, -0.15) is 0 Å². The largest absolute Gasteiger partial charge is 0.359 e. The number of para-hydroxylation sites is 1. The van der Waals surface area contributed by atoms with Crippen LogP contribution >= 0.6 is 23.6 Å². The normalized spacial score (nSPS) is 14.4. The van der Waals surface area contributed by atoms with Crippen LogP contribution in [0.5, 0.6) is 0 Å². The van der Waals surface area contributed by atoms with E-state index < -0.39 is 0 Å². The molecule has 0 bridgehead atoms. The van der Waals surface area contributed by atoms with Crippen molar-refractivity contribution in [3.8, 4) is 11.1 Å². The van der Waals surface area contributed by atoms with Crippen molar-refractivity contribution in [3.63, 3.8) is 0 Å². The number of aryl methyl sites for hydroxylation is 1. The molecule has 0 atom stereocenters. The van der Waals surface area contributed by atoms with Crippen molar-refractivity contribution in [3.05, 3.63) is 82.3 Å². The van der Waals surface area contributed by atoms with Gasteiger partial charge in [0.1, 0.15) is 5.69 Å². The summed E-state index contributed by atoms with van der Waals surface area (Å²) in [6.07, 6.45) is 6.03. The van der Waals surface area contributed by atoms with Gasteiger partial charge in [0.25, 0.3) is 5.91 Å². The lowest BCUT2D eigenvalue weighted by molar-refractivity contribution is 0.102. The van der Waals surface area contributed by atoms with Gasteiger partial charge in [0.05, 0.1) is 5.01 Å². The number of amides is 1. The number of nitrogens with one attached hydrogen (secondary N) is 2. The Morgan fingerprint density at radius 2 is 1.91 bits per heavy atom. The van der Waals surface area contributed by atoms with E-state index in [0.717, 1.165) is 59.4 Å². The van der Waals surface area contributed by atoms with E-state index in [1.807, 2.05) is 42.6 Å². The van der Waals surface area contributed by atoms with Crippen molar-refractivity contribution >= 4 is 40.3 Å². The Balaban J connectivity index is 1.38. The molecule has 7 heteroatoms. The molecule has 0 spiro atoms. The first-order valence-corrected chi connectivity index (χ1v) is 12.9. The lowest BCUT2D eigenvalue weighted by Crippen LogP contribution is -2.43. The molecule has 3 aromatic rings. The van der Waals surface area contributed by atoms with Gasteiger partial charge in [0.2, 0.25) is 0 Å². The number of carbonyl (C=O) groups excluding carboxylic acids is 1. The zero-order chi connectivity index (χ0) is 23.9. The number of rotatable bonds is 6. The van der Waals surface area contributed by atoms with Gasteiger partial charge in [-0.15, -0.1) is 11.3 Å². The van der Waals surface area contributed by atoms with Crippen LogP contribution in [-0.4, -0.2) is 40.5 Å². The summed E-state index contributed by atoms with van der Waals surface area (Å²) in [6, 6.07) is 16.2. The van der Waals surface area contributed by atoms with Crippen molar-refractivity contribution in [1.82, 2.24) is 15.2 Å². The molecule has 1 saturated heterocycles. The van der Waals surface area contributed by atoms with Crippen LogP contribution in [0.4, 0.5) is 5.69 Å². The summed E-state index contributed by atoms with van der Waals surface area (Å²) < 4.78 is 0. The van der Waals surface area contributed by atoms with Gasteiger partial charge in [-0.3, -0.25) is 4.79 Å².